The highest BCUT2D eigenvalue weighted by atomic mass is 32.2. The highest BCUT2D eigenvalue weighted by Gasteiger charge is 2.36. The maximum absolute atomic E-state index is 15.3. The quantitative estimate of drug-likeness (QED) is 0.168. The number of aromatic nitrogens is 1. The normalized spacial score (nSPS) is 17.6. The summed E-state index contributed by atoms with van der Waals surface area (Å²) in [5.74, 6) is -0.459. The van der Waals surface area contributed by atoms with Crippen LogP contribution in [-0.4, -0.2) is 97.5 Å². The zero-order valence-corrected chi connectivity index (χ0v) is 34.4. The van der Waals surface area contributed by atoms with Gasteiger partial charge >= 0.3 is 0 Å². The molecular weight excluding hydrogens is 799 g/mol. The Morgan fingerprint density at radius 1 is 0.869 bits per heavy atom. The van der Waals surface area contributed by atoms with Crippen molar-refractivity contribution in [2.24, 2.45) is 0 Å². The van der Waals surface area contributed by atoms with Crippen LogP contribution in [0.1, 0.15) is 66.3 Å². The van der Waals surface area contributed by atoms with Crippen molar-refractivity contribution < 1.29 is 42.5 Å². The number of ether oxygens (including phenoxy) is 3. The second-order valence-electron chi connectivity index (χ2n) is 15.8. The monoisotopic (exact) mass is 844 g/mol. The average molecular weight is 845 g/mol. The van der Waals surface area contributed by atoms with Gasteiger partial charge in [0.1, 0.15) is 5.75 Å². The SMILES string of the molecule is O=C(NCS(=O)[O-])c1cccc(CN(C(=O)c2cc(-c3cc4c(cc3C(=O)N3Cc5ccccc5C[C@H]3CN3CCOCC3)OCO4)n3c2CCCC3)c2ccc(O)cc2)c1. The second kappa shape index (κ2) is 17.5. The standard InChI is InChI=1S/C46H47N5O9S/c52-36-13-11-34(12-14-36)50(25-30-6-5-9-32(20-30)44(53)47-28-61(56)57)46(55)39-22-41(49-15-4-3-10-40(39)49)37-23-42-43(60-29-59-42)24-38(37)45(54)51-26-33-8-2-1-7-31(33)21-35(51)27-48-16-18-58-19-17-48/h1-2,5-9,11-14,20,22-24,35,52H,3-4,10,15-19,21,25-29H2,(H,47,53)(H,56,57)/p-1/t35-/m0/s1. The predicted octanol–water partition coefficient (Wildman–Crippen LogP) is 5.24. The average Bonchev–Trinajstić information content (AvgIpc) is 3.92. The van der Waals surface area contributed by atoms with Crippen LogP contribution in [0, 0.1) is 0 Å². The van der Waals surface area contributed by atoms with E-state index in [0.717, 1.165) is 49.3 Å². The fourth-order valence-corrected chi connectivity index (χ4v) is 9.17. The molecule has 4 aliphatic rings. The van der Waals surface area contributed by atoms with E-state index >= 15 is 9.59 Å². The number of anilines is 1. The molecule has 1 aromatic heterocycles. The van der Waals surface area contributed by atoms with E-state index in [2.05, 4.69) is 33.0 Å². The number of phenolic OH excluding ortho intramolecular Hbond substituents is 1. The van der Waals surface area contributed by atoms with Crippen molar-refractivity contribution in [3.63, 3.8) is 0 Å². The third-order valence-electron chi connectivity index (χ3n) is 12.0. The molecule has 1 fully saturated rings. The molecule has 5 heterocycles. The van der Waals surface area contributed by atoms with Crippen molar-refractivity contribution in [1.82, 2.24) is 19.7 Å². The number of amides is 3. The first-order valence-corrected chi connectivity index (χ1v) is 21.8. The second-order valence-corrected chi connectivity index (χ2v) is 16.7. The van der Waals surface area contributed by atoms with Gasteiger partial charge in [0, 0.05) is 67.0 Å². The molecule has 0 spiro atoms. The molecule has 1 unspecified atom stereocenters. The Balaban J connectivity index is 1.11. The minimum Gasteiger partial charge on any atom is -0.771 e. The molecule has 0 aliphatic carbocycles. The number of morpholine rings is 1. The van der Waals surface area contributed by atoms with Crippen LogP contribution >= 0.6 is 0 Å². The molecule has 2 N–H and O–H groups in total. The van der Waals surface area contributed by atoms with Crippen LogP contribution in [0.2, 0.25) is 0 Å². The molecule has 0 radical (unpaired) electrons. The molecule has 3 amide bonds. The molecule has 316 valence electrons. The Morgan fingerprint density at radius 3 is 2.43 bits per heavy atom. The van der Waals surface area contributed by atoms with Crippen molar-refractivity contribution in [3.8, 4) is 28.5 Å². The molecule has 14 nitrogen and oxygen atoms in total. The topological polar surface area (TPSA) is 166 Å². The number of nitrogens with one attached hydrogen (secondary N) is 1. The van der Waals surface area contributed by atoms with Crippen molar-refractivity contribution in [1.29, 1.82) is 0 Å². The molecule has 15 heteroatoms. The Bertz CT molecular complexity index is 2500. The molecule has 4 aliphatic heterocycles. The van der Waals surface area contributed by atoms with Gasteiger partial charge in [0.2, 0.25) is 6.79 Å². The highest BCUT2D eigenvalue weighted by Crippen LogP contribution is 2.42. The lowest BCUT2D eigenvalue weighted by atomic mass is 9.92. The van der Waals surface area contributed by atoms with Crippen LogP contribution in [0.4, 0.5) is 5.69 Å². The summed E-state index contributed by atoms with van der Waals surface area (Å²) >= 11 is -2.46. The third kappa shape index (κ3) is 8.51. The molecule has 1 saturated heterocycles. The molecule has 2 atom stereocenters. The van der Waals surface area contributed by atoms with Gasteiger partial charge in [-0.25, -0.2) is 0 Å². The number of nitrogens with zero attached hydrogens (tertiary/aromatic N) is 4. The Morgan fingerprint density at radius 2 is 1.64 bits per heavy atom. The molecule has 5 aromatic rings. The number of fused-ring (bicyclic) bond motifs is 3. The summed E-state index contributed by atoms with van der Waals surface area (Å²) in [4.78, 5) is 49.2. The Labute approximate surface area is 355 Å². The van der Waals surface area contributed by atoms with E-state index in [1.54, 1.807) is 47.4 Å². The third-order valence-corrected chi connectivity index (χ3v) is 12.4. The van der Waals surface area contributed by atoms with E-state index in [0.29, 0.717) is 78.7 Å². The molecule has 9 rings (SSSR count). The summed E-state index contributed by atoms with van der Waals surface area (Å²) in [6.07, 6.45) is 3.12. The van der Waals surface area contributed by atoms with E-state index in [4.69, 9.17) is 14.2 Å². The number of carbonyl (C=O) groups is 3. The van der Waals surface area contributed by atoms with E-state index in [1.165, 1.54) is 17.7 Å². The number of rotatable bonds is 11. The fraction of sp³-hybridized carbons (Fsp3) is 0.326. The van der Waals surface area contributed by atoms with Gasteiger partial charge in [-0.15, -0.1) is 0 Å². The van der Waals surface area contributed by atoms with Crippen molar-refractivity contribution in [2.75, 3.05) is 50.4 Å². The van der Waals surface area contributed by atoms with Gasteiger partial charge in [-0.2, -0.15) is 0 Å². The number of hydrogen-bond acceptors (Lipinski definition) is 10. The van der Waals surface area contributed by atoms with Crippen LogP contribution in [0.25, 0.3) is 11.3 Å². The molecule has 61 heavy (non-hydrogen) atoms. The first-order chi connectivity index (χ1) is 29.7. The van der Waals surface area contributed by atoms with Crippen LogP contribution in [0.15, 0.2) is 91.0 Å². The summed E-state index contributed by atoms with van der Waals surface area (Å²) in [5.41, 5.74) is 6.91. The lowest BCUT2D eigenvalue weighted by Gasteiger charge is -2.40. The number of carbonyl (C=O) groups excluding carboxylic acids is 3. The Hall–Kier alpha value is -6.00. The Kier molecular flexibility index (Phi) is 11.6. The van der Waals surface area contributed by atoms with E-state index in [1.807, 2.05) is 23.1 Å². The molecule has 0 bridgehead atoms. The van der Waals surface area contributed by atoms with Crippen molar-refractivity contribution in [2.45, 2.75) is 51.4 Å². The van der Waals surface area contributed by atoms with Crippen LogP contribution in [0.3, 0.4) is 0 Å². The van der Waals surface area contributed by atoms with E-state index in [9.17, 15) is 18.7 Å². The summed E-state index contributed by atoms with van der Waals surface area (Å²) in [6, 6.07) is 26.8. The predicted molar refractivity (Wildman–Crippen MR) is 226 cm³/mol. The number of benzene rings is 4. The van der Waals surface area contributed by atoms with Crippen LogP contribution in [0.5, 0.6) is 17.2 Å². The smallest absolute Gasteiger partial charge is 0.260 e. The minimum atomic E-state index is -2.46. The number of hydrogen-bond donors (Lipinski definition) is 2. The van der Waals surface area contributed by atoms with E-state index < -0.39 is 22.9 Å². The molecule has 4 aromatic carbocycles. The highest BCUT2D eigenvalue weighted by molar-refractivity contribution is 7.79. The lowest BCUT2D eigenvalue weighted by Crippen LogP contribution is -2.52. The molecule has 0 saturated carbocycles. The maximum atomic E-state index is 15.3. The molecular formula is C46H46N5O9S-. The van der Waals surface area contributed by atoms with Crippen LogP contribution in [-0.2, 0) is 48.3 Å². The van der Waals surface area contributed by atoms with Gasteiger partial charge in [0.05, 0.1) is 36.8 Å². The zero-order chi connectivity index (χ0) is 42.0. The summed E-state index contributed by atoms with van der Waals surface area (Å²) < 4.78 is 41.8. The van der Waals surface area contributed by atoms with Gasteiger partial charge in [-0.05, 0) is 108 Å². The summed E-state index contributed by atoms with van der Waals surface area (Å²) in [6.45, 7) is 4.82. The number of phenols is 1. The zero-order valence-electron chi connectivity index (χ0n) is 33.5. The van der Waals surface area contributed by atoms with Gasteiger partial charge in [0.25, 0.3) is 17.7 Å². The van der Waals surface area contributed by atoms with Gasteiger partial charge in [0.15, 0.2) is 11.5 Å². The van der Waals surface area contributed by atoms with Gasteiger partial charge < -0.3 is 43.6 Å². The van der Waals surface area contributed by atoms with Crippen molar-refractivity contribution in [3.05, 3.63) is 130 Å². The van der Waals surface area contributed by atoms with E-state index in [-0.39, 0.29) is 42.5 Å². The summed E-state index contributed by atoms with van der Waals surface area (Å²) in [5, 5.41) is 12.6. The van der Waals surface area contributed by atoms with Gasteiger partial charge in [-0.3, -0.25) is 23.5 Å². The largest absolute Gasteiger partial charge is 0.771 e. The first kappa shape index (κ1) is 40.4. The first-order valence-electron chi connectivity index (χ1n) is 20.6. The van der Waals surface area contributed by atoms with Crippen molar-refractivity contribution >= 4 is 34.5 Å². The minimum absolute atomic E-state index is 0.0295. The fourth-order valence-electron chi connectivity index (χ4n) is 8.92. The lowest BCUT2D eigenvalue weighted by molar-refractivity contribution is 0.0193. The van der Waals surface area contributed by atoms with Gasteiger partial charge in [-0.1, -0.05) is 36.4 Å². The maximum Gasteiger partial charge on any atom is 0.260 e. The van der Waals surface area contributed by atoms with Crippen LogP contribution < -0.4 is 19.7 Å². The number of aromatic hydroxyl groups is 1. The summed E-state index contributed by atoms with van der Waals surface area (Å²) in [7, 11) is 0.